The lowest BCUT2D eigenvalue weighted by molar-refractivity contribution is -0.155. The summed E-state index contributed by atoms with van der Waals surface area (Å²) in [6, 6.07) is -0.862. The normalized spacial score (nSPS) is 23.4. The van der Waals surface area contributed by atoms with E-state index in [0.29, 0.717) is 19.6 Å². The van der Waals surface area contributed by atoms with Gasteiger partial charge in [-0.3, -0.25) is 14.4 Å². The molecular weight excluding hydrogens is 248 g/mol. The van der Waals surface area contributed by atoms with Gasteiger partial charge in [-0.1, -0.05) is 6.08 Å². The van der Waals surface area contributed by atoms with Crippen LogP contribution in [-0.2, 0) is 14.4 Å². The van der Waals surface area contributed by atoms with E-state index in [1.165, 1.54) is 4.90 Å². The van der Waals surface area contributed by atoms with E-state index >= 15 is 0 Å². The van der Waals surface area contributed by atoms with Crippen LogP contribution in [0.4, 0.5) is 0 Å². The Labute approximate surface area is 111 Å². The first-order valence-corrected chi connectivity index (χ1v) is 6.46. The van der Waals surface area contributed by atoms with Crippen LogP contribution in [0.3, 0.4) is 0 Å². The summed E-state index contributed by atoms with van der Waals surface area (Å²) in [5.74, 6) is -1.43. The van der Waals surface area contributed by atoms with Crippen molar-refractivity contribution in [2.45, 2.75) is 25.3 Å². The Hall–Kier alpha value is -1.85. The smallest absolute Gasteiger partial charge is 0.305 e. The van der Waals surface area contributed by atoms with Gasteiger partial charge < -0.3 is 14.9 Å². The molecule has 1 atom stereocenters. The summed E-state index contributed by atoms with van der Waals surface area (Å²) in [5, 5.41) is 8.92. The number of nitrogens with zero attached hydrogens (tertiary/aromatic N) is 2. The Balaban J connectivity index is 2.13. The van der Waals surface area contributed by atoms with E-state index in [0.717, 1.165) is 12.8 Å². The number of piperazine rings is 1. The summed E-state index contributed by atoms with van der Waals surface area (Å²) in [6.45, 7) is 4.82. The molecule has 1 aliphatic carbocycles. The van der Waals surface area contributed by atoms with Crippen LogP contribution in [0.25, 0.3) is 0 Å². The van der Waals surface area contributed by atoms with E-state index in [1.54, 1.807) is 11.0 Å². The van der Waals surface area contributed by atoms with E-state index in [2.05, 4.69) is 6.58 Å². The van der Waals surface area contributed by atoms with E-state index in [4.69, 9.17) is 5.11 Å². The van der Waals surface area contributed by atoms with Gasteiger partial charge in [0.05, 0.1) is 6.42 Å². The van der Waals surface area contributed by atoms with Gasteiger partial charge in [0.2, 0.25) is 11.8 Å². The predicted molar refractivity (Wildman–Crippen MR) is 67.3 cm³/mol. The summed E-state index contributed by atoms with van der Waals surface area (Å²) in [4.78, 5) is 38.2. The van der Waals surface area contributed by atoms with Crippen molar-refractivity contribution in [2.24, 2.45) is 5.92 Å². The Morgan fingerprint density at radius 3 is 2.58 bits per heavy atom. The molecule has 2 fully saturated rings. The molecule has 104 valence electrons. The number of aliphatic carboxylic acids is 1. The second kappa shape index (κ2) is 5.42. The van der Waals surface area contributed by atoms with Crippen molar-refractivity contribution in [3.63, 3.8) is 0 Å². The van der Waals surface area contributed by atoms with E-state index < -0.39 is 12.0 Å². The Bertz CT molecular complexity index is 417. The van der Waals surface area contributed by atoms with Crippen LogP contribution in [0.15, 0.2) is 12.7 Å². The number of carbonyl (C=O) groups is 3. The first-order chi connectivity index (χ1) is 9.04. The molecule has 0 aromatic rings. The SMILES string of the molecule is C=CCN1CCN(C(=O)C2CC2)C(CC(=O)O)C1=O. The zero-order chi connectivity index (χ0) is 14.0. The van der Waals surface area contributed by atoms with Crippen LogP contribution in [0.1, 0.15) is 19.3 Å². The Morgan fingerprint density at radius 2 is 2.05 bits per heavy atom. The second-order valence-electron chi connectivity index (χ2n) is 4.99. The van der Waals surface area contributed by atoms with Gasteiger partial charge in [-0.25, -0.2) is 0 Å². The number of amides is 2. The molecule has 6 nitrogen and oxygen atoms in total. The third-order valence-electron chi connectivity index (χ3n) is 3.51. The maximum Gasteiger partial charge on any atom is 0.305 e. The lowest BCUT2D eigenvalue weighted by Gasteiger charge is -2.40. The molecule has 2 aliphatic rings. The summed E-state index contributed by atoms with van der Waals surface area (Å²) in [6.07, 6.45) is 2.97. The molecule has 1 saturated heterocycles. The van der Waals surface area contributed by atoms with Gasteiger partial charge in [0.25, 0.3) is 0 Å². The van der Waals surface area contributed by atoms with Crippen LogP contribution < -0.4 is 0 Å². The van der Waals surface area contributed by atoms with Crippen LogP contribution in [-0.4, -0.2) is 58.4 Å². The molecule has 2 amide bonds. The minimum absolute atomic E-state index is 0.00458. The maximum atomic E-state index is 12.2. The standard InChI is InChI=1S/C13H18N2O4/c1-2-5-14-6-7-15(12(18)9-3-4-9)10(13(14)19)8-11(16)17/h2,9-10H,1,3-8H2,(H,16,17). The molecule has 0 aromatic heterocycles. The van der Waals surface area contributed by atoms with Crippen LogP contribution in [0.5, 0.6) is 0 Å². The Morgan fingerprint density at radius 1 is 1.37 bits per heavy atom. The first-order valence-electron chi connectivity index (χ1n) is 6.46. The average Bonchev–Trinajstić information content (AvgIpc) is 3.17. The highest BCUT2D eigenvalue weighted by Crippen LogP contribution is 2.32. The van der Waals surface area contributed by atoms with Crippen molar-refractivity contribution in [1.29, 1.82) is 0 Å². The average molecular weight is 266 g/mol. The van der Waals surface area contributed by atoms with Crippen LogP contribution >= 0.6 is 0 Å². The van der Waals surface area contributed by atoms with Crippen LogP contribution in [0, 0.1) is 5.92 Å². The van der Waals surface area contributed by atoms with Gasteiger partial charge >= 0.3 is 5.97 Å². The highest BCUT2D eigenvalue weighted by molar-refractivity contribution is 5.93. The second-order valence-corrected chi connectivity index (χ2v) is 4.99. The number of rotatable bonds is 5. The van der Waals surface area contributed by atoms with Gasteiger partial charge in [0, 0.05) is 25.6 Å². The number of carboxylic acids is 1. The van der Waals surface area contributed by atoms with Crippen molar-refractivity contribution in [3.05, 3.63) is 12.7 Å². The van der Waals surface area contributed by atoms with E-state index in [9.17, 15) is 14.4 Å². The zero-order valence-corrected chi connectivity index (χ0v) is 10.7. The van der Waals surface area contributed by atoms with Crippen molar-refractivity contribution < 1.29 is 19.5 Å². The Kier molecular flexibility index (Phi) is 3.87. The molecule has 1 unspecified atom stereocenters. The van der Waals surface area contributed by atoms with Gasteiger partial charge in [-0.05, 0) is 12.8 Å². The third-order valence-corrected chi connectivity index (χ3v) is 3.51. The van der Waals surface area contributed by atoms with Crippen molar-refractivity contribution in [3.8, 4) is 0 Å². The lowest BCUT2D eigenvalue weighted by Crippen LogP contribution is -2.59. The fourth-order valence-corrected chi connectivity index (χ4v) is 2.37. The van der Waals surface area contributed by atoms with Gasteiger partial charge in [0.15, 0.2) is 0 Å². The quantitative estimate of drug-likeness (QED) is 0.716. The number of carboxylic acid groups (broad SMARTS) is 1. The fourth-order valence-electron chi connectivity index (χ4n) is 2.37. The zero-order valence-electron chi connectivity index (χ0n) is 10.7. The molecule has 1 aliphatic heterocycles. The summed E-state index contributed by atoms with van der Waals surface area (Å²) < 4.78 is 0. The largest absolute Gasteiger partial charge is 0.481 e. The van der Waals surface area contributed by atoms with Gasteiger partial charge in [0.1, 0.15) is 6.04 Å². The van der Waals surface area contributed by atoms with Crippen molar-refractivity contribution >= 4 is 17.8 Å². The third kappa shape index (κ3) is 2.94. The molecule has 6 heteroatoms. The first kappa shape index (κ1) is 13.6. The lowest BCUT2D eigenvalue weighted by atomic mass is 10.1. The maximum absolute atomic E-state index is 12.2. The summed E-state index contributed by atoms with van der Waals surface area (Å²) in [7, 11) is 0. The topological polar surface area (TPSA) is 77.9 Å². The fraction of sp³-hybridized carbons (Fsp3) is 0.615. The van der Waals surface area contributed by atoms with Crippen LogP contribution in [0.2, 0.25) is 0 Å². The monoisotopic (exact) mass is 266 g/mol. The predicted octanol–water partition coefficient (Wildman–Crippen LogP) is 0.0965. The molecule has 2 rings (SSSR count). The number of hydrogen-bond donors (Lipinski definition) is 1. The minimum atomic E-state index is -1.06. The highest BCUT2D eigenvalue weighted by atomic mass is 16.4. The van der Waals surface area contributed by atoms with Crippen molar-refractivity contribution in [2.75, 3.05) is 19.6 Å². The highest BCUT2D eigenvalue weighted by Gasteiger charge is 2.42. The molecular formula is C13H18N2O4. The van der Waals surface area contributed by atoms with E-state index in [1.807, 2.05) is 0 Å². The number of hydrogen-bond acceptors (Lipinski definition) is 3. The molecule has 1 heterocycles. The molecule has 19 heavy (non-hydrogen) atoms. The summed E-state index contributed by atoms with van der Waals surface area (Å²) >= 11 is 0. The summed E-state index contributed by atoms with van der Waals surface area (Å²) in [5.41, 5.74) is 0. The van der Waals surface area contributed by atoms with Gasteiger partial charge in [-0.15, -0.1) is 6.58 Å². The minimum Gasteiger partial charge on any atom is -0.481 e. The van der Waals surface area contributed by atoms with Gasteiger partial charge in [-0.2, -0.15) is 0 Å². The molecule has 0 spiro atoms. The molecule has 1 N–H and O–H groups in total. The molecule has 1 saturated carbocycles. The van der Waals surface area contributed by atoms with E-state index in [-0.39, 0.29) is 24.2 Å². The molecule has 0 radical (unpaired) electrons. The number of carbonyl (C=O) groups excluding carboxylic acids is 2. The molecule has 0 bridgehead atoms. The van der Waals surface area contributed by atoms with Crippen molar-refractivity contribution in [1.82, 2.24) is 9.80 Å². The molecule has 0 aromatic carbocycles.